The number of hydrogen-bond acceptors (Lipinski definition) is 4. The number of hydrogen-bond donors (Lipinski definition) is 4. The maximum Gasteiger partial charge on any atom is 0.255 e. The first-order chi connectivity index (χ1) is 9.47. The highest BCUT2D eigenvalue weighted by atomic mass is 16.3. The maximum atomic E-state index is 12.2. The zero-order valence-electron chi connectivity index (χ0n) is 11.6. The molecule has 1 aromatic rings. The number of nitrogens with one attached hydrogen (secondary N) is 1. The van der Waals surface area contributed by atoms with Crippen molar-refractivity contribution in [3.63, 3.8) is 0 Å². The Kier molecular flexibility index (Phi) is 4.18. The van der Waals surface area contributed by atoms with Crippen molar-refractivity contribution in [1.82, 2.24) is 5.32 Å². The van der Waals surface area contributed by atoms with Crippen molar-refractivity contribution in [3.8, 4) is 11.5 Å². The summed E-state index contributed by atoms with van der Waals surface area (Å²) < 4.78 is 0. The van der Waals surface area contributed by atoms with Crippen LogP contribution in [0.15, 0.2) is 18.2 Å². The van der Waals surface area contributed by atoms with Crippen LogP contribution in [-0.4, -0.2) is 33.4 Å². The first-order valence-corrected chi connectivity index (χ1v) is 6.92. The summed E-state index contributed by atoms with van der Waals surface area (Å²) in [5.41, 5.74) is -0.599. The molecule has 0 heterocycles. The quantitative estimate of drug-likeness (QED) is 0.635. The van der Waals surface area contributed by atoms with Crippen LogP contribution in [0.25, 0.3) is 0 Å². The number of phenolic OH excluding ortho intramolecular Hbond substituents is 2. The largest absolute Gasteiger partial charge is 0.504 e. The molecule has 2 rings (SSSR count). The number of carbonyl (C=O) groups excluding carboxylic acids is 1. The van der Waals surface area contributed by atoms with Gasteiger partial charge in [-0.05, 0) is 43.7 Å². The SMILES string of the molecule is CC1CCC(CO)(NC(=O)c2cccc(O)c2O)CC1. The Morgan fingerprint density at radius 3 is 2.60 bits per heavy atom. The van der Waals surface area contributed by atoms with E-state index in [1.165, 1.54) is 18.2 Å². The van der Waals surface area contributed by atoms with Gasteiger partial charge in [-0.2, -0.15) is 0 Å². The first kappa shape index (κ1) is 14.7. The topological polar surface area (TPSA) is 89.8 Å². The highest BCUT2D eigenvalue weighted by molar-refractivity contribution is 5.98. The number of aromatic hydroxyl groups is 2. The van der Waals surface area contributed by atoms with Gasteiger partial charge in [0, 0.05) is 0 Å². The fourth-order valence-corrected chi connectivity index (χ4v) is 2.66. The second-order valence-corrected chi connectivity index (χ2v) is 5.75. The molecule has 0 unspecified atom stereocenters. The Hall–Kier alpha value is -1.75. The van der Waals surface area contributed by atoms with Gasteiger partial charge in [0.05, 0.1) is 17.7 Å². The molecular weight excluding hydrogens is 258 g/mol. The van der Waals surface area contributed by atoms with Crippen LogP contribution in [0, 0.1) is 5.92 Å². The Balaban J connectivity index is 2.15. The minimum Gasteiger partial charge on any atom is -0.504 e. The average Bonchev–Trinajstić information content (AvgIpc) is 2.44. The summed E-state index contributed by atoms with van der Waals surface area (Å²) in [6.07, 6.45) is 3.34. The van der Waals surface area contributed by atoms with Crippen molar-refractivity contribution >= 4 is 5.91 Å². The van der Waals surface area contributed by atoms with Crippen LogP contribution in [-0.2, 0) is 0 Å². The monoisotopic (exact) mass is 279 g/mol. The predicted octanol–water partition coefficient (Wildman–Crippen LogP) is 1.77. The predicted molar refractivity (Wildman–Crippen MR) is 74.7 cm³/mol. The van der Waals surface area contributed by atoms with Crippen molar-refractivity contribution < 1.29 is 20.1 Å². The summed E-state index contributed by atoms with van der Waals surface area (Å²) in [7, 11) is 0. The molecule has 1 aliphatic rings. The Labute approximate surface area is 118 Å². The maximum absolute atomic E-state index is 12.2. The van der Waals surface area contributed by atoms with Gasteiger partial charge in [-0.1, -0.05) is 13.0 Å². The summed E-state index contributed by atoms with van der Waals surface area (Å²) in [5.74, 6) is -0.627. The number of rotatable bonds is 3. The van der Waals surface area contributed by atoms with Crippen molar-refractivity contribution in [3.05, 3.63) is 23.8 Å². The average molecular weight is 279 g/mol. The number of aliphatic hydroxyl groups is 1. The fourth-order valence-electron chi connectivity index (χ4n) is 2.66. The third-order valence-electron chi connectivity index (χ3n) is 4.17. The molecule has 5 heteroatoms. The summed E-state index contributed by atoms with van der Waals surface area (Å²) >= 11 is 0. The molecule has 0 radical (unpaired) electrons. The van der Waals surface area contributed by atoms with Crippen molar-refractivity contribution in [1.29, 1.82) is 0 Å². The van der Waals surface area contributed by atoms with E-state index < -0.39 is 17.2 Å². The number of carbonyl (C=O) groups is 1. The zero-order valence-corrected chi connectivity index (χ0v) is 11.6. The number of aliphatic hydroxyl groups excluding tert-OH is 1. The van der Waals surface area contributed by atoms with E-state index in [-0.39, 0.29) is 17.9 Å². The molecular formula is C15H21NO4. The Morgan fingerprint density at radius 1 is 1.35 bits per heavy atom. The standard InChI is InChI=1S/C15H21NO4/c1-10-5-7-15(9-17,8-6-10)16-14(20)11-3-2-4-12(18)13(11)19/h2-4,10,17-19H,5-9H2,1H3,(H,16,20). The van der Waals surface area contributed by atoms with E-state index in [4.69, 9.17) is 0 Å². The smallest absolute Gasteiger partial charge is 0.255 e. The van der Waals surface area contributed by atoms with Gasteiger partial charge in [0.15, 0.2) is 11.5 Å². The third kappa shape index (κ3) is 2.88. The normalized spacial score (nSPS) is 26.2. The molecule has 110 valence electrons. The Morgan fingerprint density at radius 2 is 2.00 bits per heavy atom. The lowest BCUT2D eigenvalue weighted by Gasteiger charge is -2.38. The van der Waals surface area contributed by atoms with Crippen LogP contribution in [0.2, 0.25) is 0 Å². The molecule has 1 aliphatic carbocycles. The highest BCUT2D eigenvalue weighted by Gasteiger charge is 2.35. The first-order valence-electron chi connectivity index (χ1n) is 6.92. The van der Waals surface area contributed by atoms with Gasteiger partial charge < -0.3 is 20.6 Å². The number of benzene rings is 1. The van der Waals surface area contributed by atoms with Crippen LogP contribution < -0.4 is 5.32 Å². The highest BCUT2D eigenvalue weighted by Crippen LogP contribution is 2.33. The summed E-state index contributed by atoms with van der Waals surface area (Å²) in [6.45, 7) is 2.04. The van der Waals surface area contributed by atoms with Crippen LogP contribution >= 0.6 is 0 Å². The molecule has 0 atom stereocenters. The van der Waals surface area contributed by atoms with E-state index >= 15 is 0 Å². The van der Waals surface area contributed by atoms with Gasteiger partial charge in [0.1, 0.15) is 0 Å². The Bertz CT molecular complexity index is 493. The van der Waals surface area contributed by atoms with E-state index in [2.05, 4.69) is 12.2 Å². The molecule has 5 nitrogen and oxygen atoms in total. The second-order valence-electron chi connectivity index (χ2n) is 5.75. The number of amides is 1. The third-order valence-corrected chi connectivity index (χ3v) is 4.17. The van der Waals surface area contributed by atoms with Gasteiger partial charge in [-0.15, -0.1) is 0 Å². The van der Waals surface area contributed by atoms with E-state index in [0.717, 1.165) is 25.7 Å². The lowest BCUT2D eigenvalue weighted by Crippen LogP contribution is -2.53. The van der Waals surface area contributed by atoms with E-state index in [1.807, 2.05) is 0 Å². The molecule has 4 N–H and O–H groups in total. The zero-order chi connectivity index (χ0) is 14.8. The number of para-hydroxylation sites is 1. The minimum absolute atomic E-state index is 0.0245. The fraction of sp³-hybridized carbons (Fsp3) is 0.533. The minimum atomic E-state index is -0.624. The second kappa shape index (κ2) is 5.71. The van der Waals surface area contributed by atoms with Crippen LogP contribution in [0.3, 0.4) is 0 Å². The van der Waals surface area contributed by atoms with Crippen LogP contribution in [0.4, 0.5) is 0 Å². The molecule has 0 aromatic heterocycles. The molecule has 0 bridgehead atoms. The summed E-state index contributed by atoms with van der Waals surface area (Å²) in [5, 5.41) is 31.6. The molecule has 1 aromatic carbocycles. The molecule has 1 amide bonds. The molecule has 0 saturated heterocycles. The molecule has 20 heavy (non-hydrogen) atoms. The molecule has 0 spiro atoms. The van der Waals surface area contributed by atoms with Gasteiger partial charge in [0.2, 0.25) is 0 Å². The van der Waals surface area contributed by atoms with Crippen molar-refractivity contribution in [2.45, 2.75) is 38.1 Å². The van der Waals surface area contributed by atoms with Crippen LogP contribution in [0.1, 0.15) is 43.0 Å². The van der Waals surface area contributed by atoms with E-state index in [1.54, 1.807) is 0 Å². The van der Waals surface area contributed by atoms with Crippen LogP contribution in [0.5, 0.6) is 11.5 Å². The lowest BCUT2D eigenvalue weighted by molar-refractivity contribution is 0.0714. The summed E-state index contributed by atoms with van der Waals surface area (Å²) in [4.78, 5) is 12.2. The number of phenols is 2. The lowest BCUT2D eigenvalue weighted by atomic mass is 9.77. The van der Waals surface area contributed by atoms with Gasteiger partial charge in [0.25, 0.3) is 5.91 Å². The van der Waals surface area contributed by atoms with Crippen molar-refractivity contribution in [2.24, 2.45) is 5.92 Å². The summed E-state index contributed by atoms with van der Waals surface area (Å²) in [6, 6.07) is 4.26. The van der Waals surface area contributed by atoms with E-state index in [0.29, 0.717) is 5.92 Å². The molecule has 1 saturated carbocycles. The van der Waals surface area contributed by atoms with Gasteiger partial charge in [-0.3, -0.25) is 4.79 Å². The van der Waals surface area contributed by atoms with E-state index in [9.17, 15) is 20.1 Å². The molecule has 1 fully saturated rings. The van der Waals surface area contributed by atoms with Gasteiger partial charge >= 0.3 is 0 Å². The van der Waals surface area contributed by atoms with Crippen molar-refractivity contribution in [2.75, 3.05) is 6.61 Å². The van der Waals surface area contributed by atoms with Gasteiger partial charge in [-0.25, -0.2) is 0 Å². The molecule has 0 aliphatic heterocycles.